The fourth-order valence-electron chi connectivity index (χ4n) is 2.91. The summed E-state index contributed by atoms with van der Waals surface area (Å²) < 4.78 is 1.65. The van der Waals surface area contributed by atoms with Gasteiger partial charge in [0.25, 0.3) is 5.91 Å². The normalized spacial score (nSPS) is 18.6. The van der Waals surface area contributed by atoms with E-state index in [-0.39, 0.29) is 12.5 Å². The largest absolute Gasteiger partial charge is 0.481 e. The molecule has 7 heteroatoms. The average Bonchev–Trinajstić information content (AvgIpc) is 2.88. The van der Waals surface area contributed by atoms with Crippen LogP contribution in [0.4, 0.5) is 0 Å². The van der Waals surface area contributed by atoms with Crippen molar-refractivity contribution in [2.24, 2.45) is 5.92 Å². The van der Waals surface area contributed by atoms with E-state index in [1.807, 2.05) is 19.9 Å². The van der Waals surface area contributed by atoms with Crippen LogP contribution < -0.4 is 0 Å². The number of carboxylic acid groups (broad SMARTS) is 1. The minimum Gasteiger partial charge on any atom is -0.481 e. The molecule has 22 heavy (non-hydrogen) atoms. The predicted molar refractivity (Wildman–Crippen MR) is 78.7 cm³/mol. The number of carbonyl (C=O) groups excluding carboxylic acids is 1. The van der Waals surface area contributed by atoms with E-state index in [4.69, 9.17) is 5.11 Å². The zero-order valence-corrected chi connectivity index (χ0v) is 12.6. The number of carboxylic acids is 1. The third-order valence-corrected chi connectivity index (χ3v) is 4.13. The third-order valence-electron chi connectivity index (χ3n) is 4.13. The van der Waals surface area contributed by atoms with E-state index in [9.17, 15) is 9.59 Å². The first kappa shape index (κ1) is 14.5. The van der Waals surface area contributed by atoms with Crippen LogP contribution in [0.2, 0.25) is 0 Å². The van der Waals surface area contributed by atoms with Gasteiger partial charge in [0.05, 0.1) is 22.9 Å². The van der Waals surface area contributed by atoms with E-state index in [1.54, 1.807) is 15.6 Å². The van der Waals surface area contributed by atoms with Gasteiger partial charge in [-0.05, 0) is 26.7 Å². The van der Waals surface area contributed by atoms with Crippen LogP contribution in [0.15, 0.2) is 12.3 Å². The molecule has 0 aliphatic carbocycles. The number of likely N-dealkylation sites (tertiary alicyclic amines) is 1. The third kappa shape index (κ3) is 2.43. The molecule has 7 nitrogen and oxygen atoms in total. The Hall–Kier alpha value is -2.44. The molecule has 1 amide bonds. The molecule has 116 valence electrons. The van der Waals surface area contributed by atoms with Gasteiger partial charge >= 0.3 is 5.97 Å². The first-order valence-corrected chi connectivity index (χ1v) is 7.31. The van der Waals surface area contributed by atoms with E-state index < -0.39 is 11.9 Å². The average molecular weight is 302 g/mol. The highest BCUT2D eigenvalue weighted by Gasteiger charge is 2.29. The number of aliphatic carboxylic acids is 1. The zero-order chi connectivity index (χ0) is 15.9. The van der Waals surface area contributed by atoms with Gasteiger partial charge in [0, 0.05) is 25.4 Å². The Labute approximate surface area is 127 Å². The van der Waals surface area contributed by atoms with Crippen LogP contribution in [-0.2, 0) is 4.79 Å². The lowest BCUT2D eigenvalue weighted by molar-refractivity contribution is -0.143. The van der Waals surface area contributed by atoms with Crippen LogP contribution in [0.3, 0.4) is 0 Å². The zero-order valence-electron chi connectivity index (χ0n) is 12.6. The Morgan fingerprint density at radius 1 is 1.36 bits per heavy atom. The molecule has 1 N–H and O–H groups in total. The predicted octanol–water partition coefficient (Wildman–Crippen LogP) is 1.28. The van der Waals surface area contributed by atoms with Gasteiger partial charge < -0.3 is 10.0 Å². The van der Waals surface area contributed by atoms with Crippen LogP contribution in [-0.4, -0.2) is 49.6 Å². The summed E-state index contributed by atoms with van der Waals surface area (Å²) in [6.07, 6.45) is 2.88. The number of fused-ring (bicyclic) bond motifs is 1. The molecule has 0 saturated carbocycles. The first-order valence-electron chi connectivity index (χ1n) is 7.31. The number of hydrogen-bond acceptors (Lipinski definition) is 4. The summed E-state index contributed by atoms with van der Waals surface area (Å²) in [6, 6.07) is 1.85. The van der Waals surface area contributed by atoms with Crippen molar-refractivity contribution in [1.29, 1.82) is 0 Å². The highest BCUT2D eigenvalue weighted by molar-refractivity contribution is 5.95. The van der Waals surface area contributed by atoms with Crippen molar-refractivity contribution in [3.63, 3.8) is 0 Å². The molecule has 0 spiro atoms. The van der Waals surface area contributed by atoms with Gasteiger partial charge in [-0.15, -0.1) is 0 Å². The van der Waals surface area contributed by atoms with Crippen LogP contribution >= 0.6 is 0 Å². The Morgan fingerprint density at radius 2 is 2.14 bits per heavy atom. The van der Waals surface area contributed by atoms with E-state index in [1.165, 1.54) is 0 Å². The van der Waals surface area contributed by atoms with E-state index in [2.05, 4.69) is 10.1 Å². The topological polar surface area (TPSA) is 87.8 Å². The lowest BCUT2D eigenvalue weighted by Crippen LogP contribution is -2.42. The number of carbonyl (C=O) groups is 2. The maximum atomic E-state index is 12.7. The van der Waals surface area contributed by atoms with Crippen LogP contribution in [0.1, 0.15) is 34.6 Å². The van der Waals surface area contributed by atoms with Gasteiger partial charge in [0.15, 0.2) is 5.65 Å². The second-order valence-electron chi connectivity index (χ2n) is 5.74. The summed E-state index contributed by atoms with van der Waals surface area (Å²) in [7, 11) is 0. The Balaban J connectivity index is 1.91. The van der Waals surface area contributed by atoms with Crippen molar-refractivity contribution >= 4 is 17.5 Å². The Kier molecular flexibility index (Phi) is 3.56. The fourth-order valence-corrected chi connectivity index (χ4v) is 2.91. The molecule has 3 rings (SSSR count). The molecule has 1 fully saturated rings. The van der Waals surface area contributed by atoms with E-state index in [0.717, 1.165) is 11.4 Å². The van der Waals surface area contributed by atoms with Crippen LogP contribution in [0.5, 0.6) is 0 Å². The second kappa shape index (κ2) is 5.40. The highest BCUT2D eigenvalue weighted by Crippen LogP contribution is 2.20. The summed E-state index contributed by atoms with van der Waals surface area (Å²) in [4.78, 5) is 29.7. The molecule has 2 aromatic heterocycles. The van der Waals surface area contributed by atoms with Gasteiger partial charge in [-0.1, -0.05) is 0 Å². The first-order chi connectivity index (χ1) is 10.5. The van der Waals surface area contributed by atoms with Crippen LogP contribution in [0.25, 0.3) is 5.65 Å². The minimum absolute atomic E-state index is 0.175. The monoisotopic (exact) mass is 302 g/mol. The minimum atomic E-state index is -0.842. The van der Waals surface area contributed by atoms with Crippen molar-refractivity contribution in [2.45, 2.75) is 26.7 Å². The summed E-state index contributed by atoms with van der Waals surface area (Å²) >= 11 is 0. The number of hydrogen-bond donors (Lipinski definition) is 1. The quantitative estimate of drug-likeness (QED) is 0.903. The second-order valence-corrected chi connectivity index (χ2v) is 5.74. The summed E-state index contributed by atoms with van der Waals surface area (Å²) in [6.45, 7) is 4.53. The van der Waals surface area contributed by atoms with E-state index in [0.29, 0.717) is 30.6 Å². The number of aromatic nitrogens is 3. The molecule has 3 heterocycles. The van der Waals surface area contributed by atoms with Gasteiger partial charge in [-0.2, -0.15) is 5.10 Å². The smallest absolute Gasteiger partial charge is 0.308 e. The maximum Gasteiger partial charge on any atom is 0.308 e. The number of aryl methyl sites for hydroxylation is 2. The Morgan fingerprint density at radius 3 is 2.86 bits per heavy atom. The van der Waals surface area contributed by atoms with Gasteiger partial charge in [0.2, 0.25) is 0 Å². The van der Waals surface area contributed by atoms with E-state index >= 15 is 0 Å². The molecule has 1 saturated heterocycles. The fraction of sp³-hybridized carbons (Fsp3) is 0.467. The maximum absolute atomic E-state index is 12.7. The molecule has 0 unspecified atom stereocenters. The van der Waals surface area contributed by atoms with Gasteiger partial charge in [-0.3, -0.25) is 9.59 Å². The molecule has 0 bridgehead atoms. The molecular weight excluding hydrogens is 284 g/mol. The molecule has 2 aromatic rings. The SMILES string of the molecule is Cc1cc2ncc(C(=O)N3CCC[C@H](C(=O)O)C3)c(C)n2n1. The van der Waals surface area contributed by atoms with Gasteiger partial charge in [0.1, 0.15) is 0 Å². The van der Waals surface area contributed by atoms with Crippen molar-refractivity contribution in [2.75, 3.05) is 13.1 Å². The lowest BCUT2D eigenvalue weighted by atomic mass is 9.97. The summed E-state index contributed by atoms with van der Waals surface area (Å²) in [5.41, 5.74) is 2.74. The summed E-state index contributed by atoms with van der Waals surface area (Å²) in [5, 5.41) is 13.5. The number of amides is 1. The number of nitrogens with zero attached hydrogens (tertiary/aromatic N) is 4. The van der Waals surface area contributed by atoms with Crippen LogP contribution in [0, 0.1) is 19.8 Å². The Bertz CT molecular complexity index is 753. The highest BCUT2D eigenvalue weighted by atomic mass is 16.4. The van der Waals surface area contributed by atoms with Gasteiger partial charge in [-0.25, -0.2) is 9.50 Å². The molecule has 1 atom stereocenters. The molecule has 1 aliphatic rings. The molecule has 0 radical (unpaired) electrons. The molecular formula is C15H18N4O3. The molecule has 1 aliphatic heterocycles. The standard InChI is InChI=1S/C15H18N4O3/c1-9-6-13-16-7-12(10(2)19(13)17-9)14(20)18-5-3-4-11(8-18)15(21)22/h6-7,11H,3-5,8H2,1-2H3,(H,21,22)/t11-/m0/s1. The number of rotatable bonds is 2. The van der Waals surface area contributed by atoms with Crippen molar-refractivity contribution in [3.05, 3.63) is 29.2 Å². The summed E-state index contributed by atoms with van der Waals surface area (Å²) in [5.74, 6) is -1.50. The molecule has 0 aromatic carbocycles. The van der Waals surface area contributed by atoms with Crippen molar-refractivity contribution in [3.8, 4) is 0 Å². The van der Waals surface area contributed by atoms with Crippen molar-refractivity contribution < 1.29 is 14.7 Å². The lowest BCUT2D eigenvalue weighted by Gasteiger charge is -2.31. The van der Waals surface area contributed by atoms with Crippen molar-refractivity contribution in [1.82, 2.24) is 19.5 Å². The number of piperidine rings is 1.